The molecule has 0 saturated heterocycles. The third kappa shape index (κ3) is 2.83. The van der Waals surface area contributed by atoms with Crippen molar-refractivity contribution < 1.29 is 4.74 Å². The lowest BCUT2D eigenvalue weighted by atomic mass is 10.2. The molecule has 0 aliphatic heterocycles. The number of halogens is 1. The average Bonchev–Trinajstić information content (AvgIpc) is 2.79. The van der Waals surface area contributed by atoms with E-state index in [1.54, 1.807) is 18.4 Å². The van der Waals surface area contributed by atoms with Crippen molar-refractivity contribution in [2.45, 2.75) is 6.54 Å². The van der Waals surface area contributed by atoms with Crippen molar-refractivity contribution in [3.05, 3.63) is 27.7 Å². The van der Waals surface area contributed by atoms with Crippen LogP contribution in [0.15, 0.2) is 22.7 Å². The van der Waals surface area contributed by atoms with E-state index >= 15 is 0 Å². The van der Waals surface area contributed by atoms with Gasteiger partial charge in [-0.25, -0.2) is 0 Å². The SMILES string of the molecule is CNCc1nnc(-c2cc(OC)ccc2Br)s1. The molecule has 17 heavy (non-hydrogen) atoms. The second kappa shape index (κ2) is 5.57. The number of hydrogen-bond donors (Lipinski definition) is 1. The lowest BCUT2D eigenvalue weighted by Gasteiger charge is -2.03. The molecule has 0 amide bonds. The third-order valence-electron chi connectivity index (χ3n) is 2.20. The Hall–Kier alpha value is -0.980. The lowest BCUT2D eigenvalue weighted by molar-refractivity contribution is 0.415. The van der Waals surface area contributed by atoms with Gasteiger partial charge in [0.2, 0.25) is 0 Å². The van der Waals surface area contributed by atoms with Gasteiger partial charge in [-0.15, -0.1) is 10.2 Å². The largest absolute Gasteiger partial charge is 0.497 e. The number of nitrogens with zero attached hydrogens (tertiary/aromatic N) is 2. The molecule has 0 bridgehead atoms. The number of nitrogens with one attached hydrogen (secondary N) is 1. The van der Waals surface area contributed by atoms with E-state index in [0.717, 1.165) is 32.3 Å². The molecule has 2 rings (SSSR count). The van der Waals surface area contributed by atoms with Crippen molar-refractivity contribution in [3.63, 3.8) is 0 Å². The van der Waals surface area contributed by atoms with Gasteiger partial charge in [0.25, 0.3) is 0 Å². The quantitative estimate of drug-likeness (QED) is 0.942. The topological polar surface area (TPSA) is 47.0 Å². The van der Waals surface area contributed by atoms with E-state index in [1.807, 2.05) is 25.2 Å². The van der Waals surface area contributed by atoms with Gasteiger partial charge in [-0.1, -0.05) is 27.3 Å². The van der Waals surface area contributed by atoms with E-state index in [0.29, 0.717) is 0 Å². The maximum absolute atomic E-state index is 5.21. The Morgan fingerprint density at radius 1 is 1.41 bits per heavy atom. The molecule has 0 aliphatic rings. The molecule has 2 aromatic rings. The van der Waals surface area contributed by atoms with Crippen LogP contribution in [0.4, 0.5) is 0 Å². The molecule has 90 valence electrons. The fraction of sp³-hybridized carbons (Fsp3) is 0.273. The van der Waals surface area contributed by atoms with Gasteiger partial charge < -0.3 is 10.1 Å². The first-order valence-corrected chi connectivity index (χ1v) is 6.66. The van der Waals surface area contributed by atoms with Crippen molar-refractivity contribution in [1.29, 1.82) is 0 Å². The maximum Gasteiger partial charge on any atom is 0.149 e. The van der Waals surface area contributed by atoms with Crippen LogP contribution in [0, 0.1) is 0 Å². The second-order valence-corrected chi connectivity index (χ2v) is 5.29. The highest BCUT2D eigenvalue weighted by atomic mass is 79.9. The fourth-order valence-corrected chi connectivity index (χ4v) is 2.83. The normalized spacial score (nSPS) is 10.5. The van der Waals surface area contributed by atoms with Gasteiger partial charge in [-0.3, -0.25) is 0 Å². The average molecular weight is 314 g/mol. The van der Waals surface area contributed by atoms with Gasteiger partial charge >= 0.3 is 0 Å². The molecule has 1 heterocycles. The molecule has 1 aromatic heterocycles. The highest BCUT2D eigenvalue weighted by Gasteiger charge is 2.10. The van der Waals surface area contributed by atoms with Crippen LogP contribution in [0.1, 0.15) is 5.01 Å². The van der Waals surface area contributed by atoms with Gasteiger partial charge in [-0.05, 0) is 25.2 Å². The number of aromatic nitrogens is 2. The van der Waals surface area contributed by atoms with Crippen LogP contribution in [0.25, 0.3) is 10.6 Å². The molecule has 1 N–H and O–H groups in total. The summed E-state index contributed by atoms with van der Waals surface area (Å²) in [5, 5.41) is 13.2. The van der Waals surface area contributed by atoms with Crippen molar-refractivity contribution in [2.24, 2.45) is 0 Å². The predicted molar refractivity (Wildman–Crippen MR) is 72.4 cm³/mol. The van der Waals surface area contributed by atoms with E-state index < -0.39 is 0 Å². The molecular weight excluding hydrogens is 302 g/mol. The molecule has 1 aromatic carbocycles. The van der Waals surface area contributed by atoms with Gasteiger partial charge in [0.05, 0.1) is 7.11 Å². The van der Waals surface area contributed by atoms with Crippen molar-refractivity contribution in [2.75, 3.05) is 14.2 Å². The highest BCUT2D eigenvalue weighted by Crippen LogP contribution is 2.33. The zero-order chi connectivity index (χ0) is 12.3. The number of rotatable bonds is 4. The summed E-state index contributed by atoms with van der Waals surface area (Å²) in [5.41, 5.74) is 1.00. The molecule has 0 fully saturated rings. The second-order valence-electron chi connectivity index (χ2n) is 3.38. The maximum atomic E-state index is 5.21. The first-order chi connectivity index (χ1) is 8.24. The Morgan fingerprint density at radius 3 is 2.94 bits per heavy atom. The molecule has 0 unspecified atom stereocenters. The Morgan fingerprint density at radius 2 is 2.24 bits per heavy atom. The Labute approximate surface area is 112 Å². The number of hydrogen-bond acceptors (Lipinski definition) is 5. The molecule has 0 atom stereocenters. The molecule has 0 spiro atoms. The molecule has 0 radical (unpaired) electrons. The summed E-state index contributed by atoms with van der Waals surface area (Å²) < 4.78 is 6.20. The summed E-state index contributed by atoms with van der Waals surface area (Å²) in [6.07, 6.45) is 0. The van der Waals surface area contributed by atoms with Crippen LogP contribution in [0.2, 0.25) is 0 Å². The van der Waals surface area contributed by atoms with Crippen molar-refractivity contribution >= 4 is 27.3 Å². The van der Waals surface area contributed by atoms with E-state index in [9.17, 15) is 0 Å². The van der Waals surface area contributed by atoms with Crippen LogP contribution in [-0.2, 0) is 6.54 Å². The summed E-state index contributed by atoms with van der Waals surface area (Å²) in [4.78, 5) is 0. The first-order valence-electron chi connectivity index (χ1n) is 5.05. The molecule has 6 heteroatoms. The minimum atomic E-state index is 0.735. The Kier molecular flexibility index (Phi) is 4.09. The molecule has 0 saturated carbocycles. The zero-order valence-corrected chi connectivity index (χ0v) is 11.9. The number of benzene rings is 1. The summed E-state index contributed by atoms with van der Waals surface area (Å²) in [6, 6.07) is 5.81. The van der Waals surface area contributed by atoms with Crippen LogP contribution in [0.5, 0.6) is 5.75 Å². The van der Waals surface area contributed by atoms with E-state index in [1.165, 1.54) is 0 Å². The molecular formula is C11H12BrN3OS. The fourth-order valence-electron chi connectivity index (χ4n) is 1.38. The summed E-state index contributed by atoms with van der Waals surface area (Å²) in [6.45, 7) is 0.735. The van der Waals surface area contributed by atoms with Crippen LogP contribution in [-0.4, -0.2) is 24.4 Å². The predicted octanol–water partition coefficient (Wildman–Crippen LogP) is 2.70. The monoisotopic (exact) mass is 313 g/mol. The first kappa shape index (κ1) is 12.5. The number of ether oxygens (including phenoxy) is 1. The number of methoxy groups -OCH3 is 1. The van der Waals surface area contributed by atoms with Crippen LogP contribution < -0.4 is 10.1 Å². The Balaban J connectivity index is 2.37. The van der Waals surface area contributed by atoms with E-state index in [2.05, 4.69) is 31.4 Å². The van der Waals surface area contributed by atoms with Crippen LogP contribution >= 0.6 is 27.3 Å². The van der Waals surface area contributed by atoms with E-state index in [4.69, 9.17) is 4.74 Å². The summed E-state index contributed by atoms with van der Waals surface area (Å²) in [7, 11) is 3.54. The molecule has 4 nitrogen and oxygen atoms in total. The smallest absolute Gasteiger partial charge is 0.149 e. The van der Waals surface area contributed by atoms with Gasteiger partial charge in [0, 0.05) is 16.6 Å². The highest BCUT2D eigenvalue weighted by molar-refractivity contribution is 9.10. The van der Waals surface area contributed by atoms with Crippen molar-refractivity contribution in [3.8, 4) is 16.3 Å². The summed E-state index contributed by atoms with van der Waals surface area (Å²) in [5.74, 6) is 0.813. The summed E-state index contributed by atoms with van der Waals surface area (Å²) >= 11 is 5.09. The molecule has 0 aliphatic carbocycles. The third-order valence-corrected chi connectivity index (χ3v) is 3.85. The Bertz CT molecular complexity index is 515. The van der Waals surface area contributed by atoms with Crippen LogP contribution in [0.3, 0.4) is 0 Å². The standard InChI is InChI=1S/C11H12BrN3OS/c1-13-6-10-14-15-11(17-10)8-5-7(16-2)3-4-9(8)12/h3-5,13H,6H2,1-2H3. The minimum Gasteiger partial charge on any atom is -0.497 e. The minimum absolute atomic E-state index is 0.735. The lowest BCUT2D eigenvalue weighted by Crippen LogP contribution is -2.04. The van der Waals surface area contributed by atoms with Gasteiger partial charge in [0.15, 0.2) is 0 Å². The van der Waals surface area contributed by atoms with E-state index in [-0.39, 0.29) is 0 Å². The zero-order valence-electron chi connectivity index (χ0n) is 9.53. The van der Waals surface area contributed by atoms with Crippen molar-refractivity contribution in [1.82, 2.24) is 15.5 Å². The van der Waals surface area contributed by atoms with Gasteiger partial charge in [0.1, 0.15) is 15.8 Å². The van der Waals surface area contributed by atoms with Gasteiger partial charge in [-0.2, -0.15) is 0 Å².